The van der Waals surface area contributed by atoms with Crippen molar-refractivity contribution in [3.8, 4) is 0 Å². The molecule has 0 spiro atoms. The summed E-state index contributed by atoms with van der Waals surface area (Å²) in [7, 11) is 0. The van der Waals surface area contributed by atoms with Crippen molar-refractivity contribution in [2.45, 2.75) is 6.42 Å². The van der Waals surface area contributed by atoms with Gasteiger partial charge in [-0.1, -0.05) is 0 Å². The Balaban J connectivity index is 2.31. The first-order valence-corrected chi connectivity index (χ1v) is 5.58. The third kappa shape index (κ3) is 2.07. The predicted molar refractivity (Wildman–Crippen MR) is 63.9 cm³/mol. The fraction of sp³-hybridized carbons (Fsp3) is 0.300. The van der Waals surface area contributed by atoms with Gasteiger partial charge < -0.3 is 11.1 Å². The molecular weight excluding hydrogens is 258 g/mol. The van der Waals surface area contributed by atoms with Crippen LogP contribution in [-0.2, 0) is 0 Å². The number of nitrogens with one attached hydrogen (secondary N) is 1. The van der Waals surface area contributed by atoms with Crippen molar-refractivity contribution in [3.05, 3.63) is 22.7 Å². The van der Waals surface area contributed by atoms with E-state index in [0.717, 1.165) is 29.7 Å². The first-order chi connectivity index (χ1) is 7.18. The van der Waals surface area contributed by atoms with Crippen LogP contribution in [0, 0.1) is 0 Å². The summed E-state index contributed by atoms with van der Waals surface area (Å²) in [5, 5.41) is 2.81. The number of hydrogen-bond donors (Lipinski definition) is 2. The van der Waals surface area contributed by atoms with E-state index in [1.165, 1.54) is 0 Å². The molecule has 0 saturated carbocycles. The second kappa shape index (κ2) is 4.10. The van der Waals surface area contributed by atoms with Crippen molar-refractivity contribution in [1.29, 1.82) is 0 Å². The van der Waals surface area contributed by atoms with Gasteiger partial charge in [-0.2, -0.15) is 0 Å². The van der Waals surface area contributed by atoms with Gasteiger partial charge in [0.1, 0.15) is 0 Å². The molecule has 1 aliphatic rings. The molecule has 4 nitrogen and oxygen atoms in total. The van der Waals surface area contributed by atoms with Crippen LogP contribution in [-0.4, -0.2) is 19.1 Å². The standard InChI is InChI=1S/C10H12BrN3O/c11-8-6-7(12)2-3-9(8)14-5-1-4-13-10(14)15/h2-3,6H,1,4-5,12H2,(H,13,15). The Bertz CT molecular complexity index is 394. The molecule has 1 aromatic rings. The van der Waals surface area contributed by atoms with Crippen molar-refractivity contribution in [3.63, 3.8) is 0 Å². The van der Waals surface area contributed by atoms with Gasteiger partial charge in [-0.25, -0.2) is 4.79 Å². The van der Waals surface area contributed by atoms with Gasteiger partial charge in [-0.3, -0.25) is 4.90 Å². The first-order valence-electron chi connectivity index (χ1n) is 4.79. The summed E-state index contributed by atoms with van der Waals surface area (Å²) >= 11 is 3.41. The van der Waals surface area contributed by atoms with Crippen molar-refractivity contribution >= 4 is 33.3 Å². The Morgan fingerprint density at radius 1 is 1.47 bits per heavy atom. The molecule has 0 radical (unpaired) electrons. The lowest BCUT2D eigenvalue weighted by Crippen LogP contribution is -2.46. The molecule has 3 N–H and O–H groups in total. The van der Waals surface area contributed by atoms with Crippen LogP contribution >= 0.6 is 15.9 Å². The van der Waals surface area contributed by atoms with Crippen molar-refractivity contribution in [2.75, 3.05) is 23.7 Å². The number of amides is 2. The molecule has 2 rings (SSSR count). The van der Waals surface area contributed by atoms with Crippen molar-refractivity contribution in [2.24, 2.45) is 0 Å². The fourth-order valence-corrected chi connectivity index (χ4v) is 2.21. The lowest BCUT2D eigenvalue weighted by molar-refractivity contribution is 0.243. The minimum Gasteiger partial charge on any atom is -0.399 e. The van der Waals surface area contributed by atoms with E-state index in [0.29, 0.717) is 5.69 Å². The Morgan fingerprint density at radius 2 is 2.27 bits per heavy atom. The maximum atomic E-state index is 11.6. The Hall–Kier alpha value is -1.23. The average molecular weight is 270 g/mol. The Labute approximate surface area is 96.6 Å². The summed E-state index contributed by atoms with van der Waals surface area (Å²) in [5.74, 6) is 0. The van der Waals surface area contributed by atoms with E-state index >= 15 is 0 Å². The highest BCUT2D eigenvalue weighted by atomic mass is 79.9. The van der Waals surface area contributed by atoms with Crippen LogP contribution in [0.3, 0.4) is 0 Å². The quantitative estimate of drug-likeness (QED) is 0.766. The number of halogens is 1. The minimum atomic E-state index is -0.0493. The first kappa shape index (κ1) is 10.3. The van der Waals surface area contributed by atoms with Gasteiger partial charge >= 0.3 is 6.03 Å². The number of nitrogens with zero attached hydrogens (tertiary/aromatic N) is 1. The molecule has 2 amide bonds. The number of benzene rings is 1. The molecule has 15 heavy (non-hydrogen) atoms. The lowest BCUT2D eigenvalue weighted by atomic mass is 10.2. The van der Waals surface area contributed by atoms with Gasteiger partial charge in [0.15, 0.2) is 0 Å². The zero-order valence-electron chi connectivity index (χ0n) is 8.16. The van der Waals surface area contributed by atoms with Crippen molar-refractivity contribution < 1.29 is 4.79 Å². The monoisotopic (exact) mass is 269 g/mol. The molecule has 0 aromatic heterocycles. The average Bonchev–Trinajstić information content (AvgIpc) is 2.20. The van der Waals surface area contributed by atoms with Crippen LogP contribution in [0.15, 0.2) is 22.7 Å². The SMILES string of the molecule is Nc1ccc(N2CCCNC2=O)c(Br)c1. The molecular formula is C10H12BrN3O. The van der Waals surface area contributed by atoms with Gasteiger partial charge in [-0.05, 0) is 40.5 Å². The summed E-state index contributed by atoms with van der Waals surface area (Å²) in [6, 6.07) is 5.40. The largest absolute Gasteiger partial charge is 0.399 e. The van der Waals surface area contributed by atoms with Crippen LogP contribution in [0.25, 0.3) is 0 Å². The number of carbonyl (C=O) groups excluding carboxylic acids is 1. The van der Waals surface area contributed by atoms with Crippen LogP contribution in [0.5, 0.6) is 0 Å². The molecule has 80 valence electrons. The van der Waals surface area contributed by atoms with Crippen molar-refractivity contribution in [1.82, 2.24) is 5.32 Å². The molecule has 1 aromatic carbocycles. The van der Waals surface area contributed by atoms with E-state index in [4.69, 9.17) is 5.73 Å². The van der Waals surface area contributed by atoms with Crippen LogP contribution in [0.4, 0.5) is 16.2 Å². The van der Waals surface area contributed by atoms with Gasteiger partial charge in [0.05, 0.1) is 5.69 Å². The number of nitrogen functional groups attached to an aromatic ring is 1. The summed E-state index contributed by atoms with van der Waals surface area (Å²) in [4.78, 5) is 13.3. The van der Waals surface area contributed by atoms with E-state index in [1.807, 2.05) is 6.07 Å². The number of anilines is 2. The van der Waals surface area contributed by atoms with E-state index in [9.17, 15) is 4.79 Å². The smallest absolute Gasteiger partial charge is 0.321 e. The zero-order chi connectivity index (χ0) is 10.8. The fourth-order valence-electron chi connectivity index (χ4n) is 1.60. The van der Waals surface area contributed by atoms with E-state index in [-0.39, 0.29) is 6.03 Å². The van der Waals surface area contributed by atoms with Gasteiger partial charge in [0.25, 0.3) is 0 Å². The van der Waals surface area contributed by atoms with Gasteiger partial charge in [0, 0.05) is 23.2 Å². The molecule has 5 heteroatoms. The summed E-state index contributed by atoms with van der Waals surface area (Å²) < 4.78 is 0.847. The number of urea groups is 1. The molecule has 0 atom stereocenters. The van der Waals surface area contributed by atoms with E-state index in [1.54, 1.807) is 17.0 Å². The van der Waals surface area contributed by atoms with Crippen LogP contribution in [0.2, 0.25) is 0 Å². The molecule has 0 bridgehead atoms. The summed E-state index contributed by atoms with van der Waals surface area (Å²) in [5.41, 5.74) is 7.19. The third-order valence-electron chi connectivity index (χ3n) is 2.34. The highest BCUT2D eigenvalue weighted by Crippen LogP contribution is 2.29. The molecule has 1 aliphatic heterocycles. The zero-order valence-corrected chi connectivity index (χ0v) is 9.75. The highest BCUT2D eigenvalue weighted by molar-refractivity contribution is 9.10. The minimum absolute atomic E-state index is 0.0493. The maximum Gasteiger partial charge on any atom is 0.321 e. The van der Waals surface area contributed by atoms with Crippen LogP contribution in [0.1, 0.15) is 6.42 Å². The third-order valence-corrected chi connectivity index (χ3v) is 2.98. The normalized spacial score (nSPS) is 16.3. The Morgan fingerprint density at radius 3 is 2.93 bits per heavy atom. The Kier molecular flexibility index (Phi) is 2.81. The van der Waals surface area contributed by atoms with E-state index in [2.05, 4.69) is 21.2 Å². The van der Waals surface area contributed by atoms with Gasteiger partial charge in [0.2, 0.25) is 0 Å². The van der Waals surface area contributed by atoms with Gasteiger partial charge in [-0.15, -0.1) is 0 Å². The highest BCUT2D eigenvalue weighted by Gasteiger charge is 2.20. The maximum absolute atomic E-state index is 11.6. The molecule has 1 saturated heterocycles. The van der Waals surface area contributed by atoms with E-state index < -0.39 is 0 Å². The molecule has 1 heterocycles. The second-order valence-electron chi connectivity index (χ2n) is 3.45. The van der Waals surface area contributed by atoms with Crippen LogP contribution < -0.4 is 16.0 Å². The molecule has 0 aliphatic carbocycles. The lowest BCUT2D eigenvalue weighted by Gasteiger charge is -2.28. The predicted octanol–water partition coefficient (Wildman–Crippen LogP) is 1.95. The number of hydrogen-bond acceptors (Lipinski definition) is 2. The molecule has 0 unspecified atom stereocenters. The number of nitrogens with two attached hydrogens (primary N) is 1. The second-order valence-corrected chi connectivity index (χ2v) is 4.30. The molecule has 1 fully saturated rings. The summed E-state index contributed by atoms with van der Waals surface area (Å²) in [6.07, 6.45) is 0.961. The topological polar surface area (TPSA) is 58.4 Å². The summed E-state index contributed by atoms with van der Waals surface area (Å²) in [6.45, 7) is 1.50. The number of rotatable bonds is 1. The number of carbonyl (C=O) groups is 1.